The molecular weight excluding hydrogens is 254 g/mol. The van der Waals surface area contributed by atoms with Crippen LogP contribution < -0.4 is 16.2 Å². The maximum atomic E-state index is 6.10. The van der Waals surface area contributed by atoms with Gasteiger partial charge in [-0.1, -0.05) is 11.6 Å². The molecule has 0 amide bonds. The largest absolute Gasteiger partial charge is 0.381 e. The van der Waals surface area contributed by atoms with Crippen molar-refractivity contribution < 1.29 is 4.74 Å². The Balaban J connectivity index is 2.04. The summed E-state index contributed by atoms with van der Waals surface area (Å²) in [5, 5.41) is 0.522. The summed E-state index contributed by atoms with van der Waals surface area (Å²) in [5.41, 5.74) is 2.42. The van der Waals surface area contributed by atoms with Crippen LogP contribution in [-0.4, -0.2) is 36.8 Å². The fraction of sp³-hybridized carbons (Fsp3) is 0.636. The zero-order chi connectivity index (χ0) is 13.0. The van der Waals surface area contributed by atoms with E-state index >= 15 is 0 Å². The predicted octanol–water partition coefficient (Wildman–Crippen LogP) is 1.28. The van der Waals surface area contributed by atoms with Gasteiger partial charge < -0.3 is 9.64 Å². The maximum Gasteiger partial charge on any atom is 0.239 e. The SMILES string of the molecule is CN(CC1CCCOC1)c1nc(NN)ncc1Cl. The van der Waals surface area contributed by atoms with E-state index < -0.39 is 0 Å². The van der Waals surface area contributed by atoms with E-state index in [1.165, 1.54) is 6.42 Å². The Kier molecular flexibility index (Phi) is 4.57. The molecule has 2 heterocycles. The zero-order valence-corrected chi connectivity index (χ0v) is 11.2. The molecule has 3 N–H and O–H groups in total. The van der Waals surface area contributed by atoms with E-state index in [0.29, 0.717) is 22.7 Å². The third-order valence-corrected chi connectivity index (χ3v) is 3.27. The molecule has 2 rings (SSSR count). The molecule has 0 saturated carbocycles. The highest BCUT2D eigenvalue weighted by Crippen LogP contribution is 2.24. The average molecular weight is 272 g/mol. The molecule has 0 spiro atoms. The van der Waals surface area contributed by atoms with Crippen LogP contribution in [-0.2, 0) is 4.74 Å². The zero-order valence-electron chi connectivity index (χ0n) is 10.4. The second kappa shape index (κ2) is 6.17. The number of anilines is 2. The number of hydrogen-bond acceptors (Lipinski definition) is 6. The van der Waals surface area contributed by atoms with E-state index in [-0.39, 0.29) is 0 Å². The van der Waals surface area contributed by atoms with Gasteiger partial charge in [0, 0.05) is 20.2 Å². The van der Waals surface area contributed by atoms with Gasteiger partial charge >= 0.3 is 0 Å². The predicted molar refractivity (Wildman–Crippen MR) is 71.7 cm³/mol. The highest BCUT2D eigenvalue weighted by molar-refractivity contribution is 6.32. The third-order valence-electron chi connectivity index (χ3n) is 3.00. The monoisotopic (exact) mass is 271 g/mol. The van der Waals surface area contributed by atoms with Gasteiger partial charge in [0.05, 0.1) is 12.8 Å². The van der Waals surface area contributed by atoms with Crippen molar-refractivity contribution in [3.8, 4) is 0 Å². The van der Waals surface area contributed by atoms with Crippen molar-refractivity contribution in [2.24, 2.45) is 11.8 Å². The van der Waals surface area contributed by atoms with Crippen LogP contribution in [0.5, 0.6) is 0 Å². The molecule has 1 aliphatic rings. The van der Waals surface area contributed by atoms with Gasteiger partial charge in [-0.05, 0) is 18.8 Å². The Morgan fingerprint density at radius 2 is 2.50 bits per heavy atom. The van der Waals surface area contributed by atoms with Crippen molar-refractivity contribution in [3.63, 3.8) is 0 Å². The van der Waals surface area contributed by atoms with Crippen LogP contribution >= 0.6 is 11.6 Å². The highest BCUT2D eigenvalue weighted by atomic mass is 35.5. The first kappa shape index (κ1) is 13.3. The number of rotatable bonds is 4. The van der Waals surface area contributed by atoms with Crippen molar-refractivity contribution in [1.82, 2.24) is 9.97 Å². The van der Waals surface area contributed by atoms with Crippen molar-refractivity contribution >= 4 is 23.4 Å². The van der Waals surface area contributed by atoms with Crippen LogP contribution in [0.3, 0.4) is 0 Å². The number of nitrogens with two attached hydrogens (primary N) is 1. The second-order valence-corrected chi connectivity index (χ2v) is 4.88. The fourth-order valence-corrected chi connectivity index (χ4v) is 2.36. The number of hydrazine groups is 1. The molecular formula is C11H18ClN5O. The summed E-state index contributed by atoms with van der Waals surface area (Å²) in [6.45, 7) is 2.53. The second-order valence-electron chi connectivity index (χ2n) is 4.47. The topological polar surface area (TPSA) is 76.3 Å². The van der Waals surface area contributed by atoms with Gasteiger partial charge in [-0.15, -0.1) is 0 Å². The molecule has 0 radical (unpaired) electrons. The maximum absolute atomic E-state index is 6.10. The number of ether oxygens (including phenoxy) is 1. The Morgan fingerprint density at radius 1 is 1.67 bits per heavy atom. The average Bonchev–Trinajstić information content (AvgIpc) is 2.40. The lowest BCUT2D eigenvalue weighted by Crippen LogP contribution is -2.31. The number of halogens is 1. The number of nitrogens with one attached hydrogen (secondary N) is 1. The Bertz CT molecular complexity index is 397. The van der Waals surface area contributed by atoms with Crippen LogP contribution in [0.1, 0.15) is 12.8 Å². The smallest absolute Gasteiger partial charge is 0.239 e. The Morgan fingerprint density at radius 3 is 3.17 bits per heavy atom. The molecule has 1 aromatic rings. The molecule has 0 bridgehead atoms. The van der Waals surface area contributed by atoms with Crippen molar-refractivity contribution in [1.29, 1.82) is 0 Å². The van der Waals surface area contributed by atoms with Gasteiger partial charge in [-0.3, -0.25) is 5.43 Å². The summed E-state index contributed by atoms with van der Waals surface area (Å²) in [5.74, 6) is 6.86. The standard InChI is InChI=1S/C11H18ClN5O/c1-17(6-8-3-2-4-18-7-8)10-9(12)5-14-11(15-10)16-13/h5,8H,2-4,6-7,13H2,1H3,(H,14,15,16). The van der Waals surface area contributed by atoms with Crippen molar-refractivity contribution in [2.75, 3.05) is 37.1 Å². The summed E-state index contributed by atoms with van der Waals surface area (Å²) in [4.78, 5) is 10.2. The van der Waals surface area contributed by atoms with Gasteiger partial charge in [0.15, 0.2) is 5.82 Å². The number of nitrogen functional groups attached to an aromatic ring is 1. The summed E-state index contributed by atoms with van der Waals surface area (Å²) < 4.78 is 5.47. The summed E-state index contributed by atoms with van der Waals surface area (Å²) in [6.07, 6.45) is 3.84. The van der Waals surface area contributed by atoms with Crippen LogP contribution in [0, 0.1) is 5.92 Å². The van der Waals surface area contributed by atoms with Gasteiger partial charge in [-0.2, -0.15) is 4.98 Å². The Labute approximate surface area is 111 Å². The van der Waals surface area contributed by atoms with Crippen LogP contribution in [0.4, 0.5) is 11.8 Å². The van der Waals surface area contributed by atoms with Crippen LogP contribution in [0.2, 0.25) is 5.02 Å². The molecule has 7 heteroatoms. The first-order valence-electron chi connectivity index (χ1n) is 5.98. The molecule has 18 heavy (non-hydrogen) atoms. The number of aromatic nitrogens is 2. The molecule has 1 aromatic heterocycles. The Hall–Kier alpha value is -1.11. The lowest BCUT2D eigenvalue weighted by atomic mass is 10.0. The van der Waals surface area contributed by atoms with E-state index in [1.54, 1.807) is 6.20 Å². The lowest BCUT2D eigenvalue weighted by molar-refractivity contribution is 0.0576. The van der Waals surface area contributed by atoms with Gasteiger partial charge in [-0.25, -0.2) is 10.8 Å². The molecule has 1 unspecified atom stereocenters. The minimum absolute atomic E-state index is 0.362. The quantitative estimate of drug-likeness (QED) is 0.635. The summed E-state index contributed by atoms with van der Waals surface area (Å²) >= 11 is 6.10. The van der Waals surface area contributed by atoms with Crippen LogP contribution in [0.15, 0.2) is 6.20 Å². The molecule has 1 aliphatic heterocycles. The fourth-order valence-electron chi connectivity index (χ4n) is 2.12. The third kappa shape index (κ3) is 3.22. The lowest BCUT2D eigenvalue weighted by Gasteiger charge is -2.28. The molecule has 0 aliphatic carbocycles. The van der Waals surface area contributed by atoms with E-state index in [4.69, 9.17) is 22.2 Å². The number of hydrogen-bond donors (Lipinski definition) is 2. The first-order chi connectivity index (χ1) is 8.70. The van der Waals surface area contributed by atoms with Crippen molar-refractivity contribution in [3.05, 3.63) is 11.2 Å². The normalized spacial score (nSPS) is 19.6. The molecule has 1 saturated heterocycles. The molecule has 1 fully saturated rings. The summed E-state index contributed by atoms with van der Waals surface area (Å²) in [6, 6.07) is 0. The van der Waals surface area contributed by atoms with Crippen molar-refractivity contribution in [2.45, 2.75) is 12.8 Å². The number of nitrogens with zero attached hydrogens (tertiary/aromatic N) is 3. The van der Waals surface area contributed by atoms with Crippen LogP contribution in [0.25, 0.3) is 0 Å². The van der Waals surface area contributed by atoms with E-state index in [0.717, 1.165) is 26.2 Å². The highest BCUT2D eigenvalue weighted by Gasteiger charge is 2.18. The molecule has 0 aromatic carbocycles. The minimum atomic E-state index is 0.362. The van der Waals surface area contributed by atoms with Gasteiger partial charge in [0.25, 0.3) is 0 Å². The molecule has 100 valence electrons. The van der Waals surface area contributed by atoms with E-state index in [2.05, 4.69) is 15.4 Å². The van der Waals surface area contributed by atoms with E-state index in [9.17, 15) is 0 Å². The minimum Gasteiger partial charge on any atom is -0.381 e. The van der Waals surface area contributed by atoms with E-state index in [1.807, 2.05) is 11.9 Å². The van der Waals surface area contributed by atoms with Gasteiger partial charge in [0.1, 0.15) is 5.02 Å². The summed E-state index contributed by atoms with van der Waals surface area (Å²) in [7, 11) is 1.96. The van der Waals surface area contributed by atoms with Gasteiger partial charge in [0.2, 0.25) is 5.95 Å². The molecule has 6 nitrogen and oxygen atoms in total. The first-order valence-corrected chi connectivity index (χ1v) is 6.36. The molecule has 1 atom stereocenters.